The highest BCUT2D eigenvalue weighted by atomic mass is 16.5. The van der Waals surface area contributed by atoms with Crippen LogP contribution < -0.4 is 5.73 Å². The first kappa shape index (κ1) is 9.45. The molecule has 0 radical (unpaired) electrons. The molecule has 0 atom stereocenters. The number of nitrogens with zero attached hydrogens (tertiary/aromatic N) is 3. The summed E-state index contributed by atoms with van der Waals surface area (Å²) in [4.78, 5) is 3.92. The van der Waals surface area contributed by atoms with E-state index in [0.717, 1.165) is 32.6 Å². The zero-order valence-electron chi connectivity index (χ0n) is 8.44. The fourth-order valence-corrected chi connectivity index (χ4v) is 1.89. The average molecular weight is 196 g/mol. The Morgan fingerprint density at radius 1 is 1.57 bits per heavy atom. The lowest BCUT2D eigenvalue weighted by atomic mass is 9.82. The summed E-state index contributed by atoms with van der Waals surface area (Å²) in [6.07, 6.45) is 4.07. The van der Waals surface area contributed by atoms with Crippen LogP contribution in [-0.4, -0.2) is 44.0 Å². The molecule has 2 aliphatic heterocycles. The predicted octanol–water partition coefficient (Wildman–Crippen LogP) is 0.0291. The van der Waals surface area contributed by atoms with Crippen molar-refractivity contribution in [2.45, 2.75) is 12.8 Å². The summed E-state index contributed by atoms with van der Waals surface area (Å²) in [6.45, 7) is 2.49. The van der Waals surface area contributed by atoms with Crippen molar-refractivity contribution in [3.8, 4) is 0 Å². The highest BCUT2D eigenvalue weighted by molar-refractivity contribution is 5.82. The number of aliphatic imine (C=N–C) groups is 1. The van der Waals surface area contributed by atoms with Gasteiger partial charge in [-0.05, 0) is 12.8 Å². The van der Waals surface area contributed by atoms with Gasteiger partial charge in [-0.25, -0.2) is 5.01 Å². The number of nitrogens with two attached hydrogens (primary N) is 1. The second-order valence-corrected chi connectivity index (χ2v) is 3.86. The van der Waals surface area contributed by atoms with Crippen LogP contribution in [-0.2, 0) is 4.74 Å². The Morgan fingerprint density at radius 3 is 2.93 bits per heavy atom. The van der Waals surface area contributed by atoms with Gasteiger partial charge in [0.25, 0.3) is 0 Å². The van der Waals surface area contributed by atoms with Crippen molar-refractivity contribution in [2.75, 3.05) is 26.8 Å². The fourth-order valence-electron chi connectivity index (χ4n) is 1.89. The maximum absolute atomic E-state index is 5.70. The van der Waals surface area contributed by atoms with Crippen molar-refractivity contribution in [2.24, 2.45) is 21.2 Å². The molecular weight excluding hydrogens is 180 g/mol. The average Bonchev–Trinajstić information content (AvgIpc) is 2.62. The van der Waals surface area contributed by atoms with Gasteiger partial charge in [0.1, 0.15) is 0 Å². The molecule has 0 aromatic rings. The minimum atomic E-state index is 0.174. The molecule has 0 aliphatic carbocycles. The zero-order valence-corrected chi connectivity index (χ0v) is 8.44. The van der Waals surface area contributed by atoms with Gasteiger partial charge in [0.05, 0.1) is 6.54 Å². The summed E-state index contributed by atoms with van der Waals surface area (Å²) in [6, 6.07) is 0. The van der Waals surface area contributed by atoms with E-state index in [4.69, 9.17) is 10.5 Å². The number of hydrogen-bond acceptors (Lipinski definition) is 3. The largest absolute Gasteiger partial charge is 0.381 e. The molecule has 0 unspecified atom stereocenters. The number of hydrogen-bond donors (Lipinski definition) is 1. The lowest BCUT2D eigenvalue weighted by Gasteiger charge is -2.31. The van der Waals surface area contributed by atoms with Crippen LogP contribution in [0, 0.1) is 5.41 Å². The van der Waals surface area contributed by atoms with Crippen LogP contribution in [0.1, 0.15) is 12.8 Å². The molecule has 14 heavy (non-hydrogen) atoms. The molecule has 78 valence electrons. The zero-order chi connectivity index (χ0) is 10.0. The van der Waals surface area contributed by atoms with Gasteiger partial charge in [0, 0.05) is 31.9 Å². The third-order valence-corrected chi connectivity index (χ3v) is 2.92. The molecule has 2 aliphatic rings. The summed E-state index contributed by atoms with van der Waals surface area (Å²) < 4.78 is 5.34. The Hall–Kier alpha value is -1.10. The molecule has 1 saturated heterocycles. The summed E-state index contributed by atoms with van der Waals surface area (Å²) in [5.41, 5.74) is 5.87. The predicted molar refractivity (Wildman–Crippen MR) is 55.2 cm³/mol. The lowest BCUT2D eigenvalue weighted by Crippen LogP contribution is -2.39. The first-order chi connectivity index (χ1) is 6.76. The van der Waals surface area contributed by atoms with Crippen molar-refractivity contribution >= 4 is 12.2 Å². The third-order valence-electron chi connectivity index (χ3n) is 2.92. The van der Waals surface area contributed by atoms with Crippen LogP contribution in [0.5, 0.6) is 0 Å². The van der Waals surface area contributed by atoms with E-state index in [1.54, 1.807) is 12.1 Å². The Morgan fingerprint density at radius 2 is 2.29 bits per heavy atom. The van der Waals surface area contributed by atoms with E-state index in [9.17, 15) is 0 Å². The van der Waals surface area contributed by atoms with E-state index in [1.807, 2.05) is 6.21 Å². The molecule has 0 bridgehead atoms. The van der Waals surface area contributed by atoms with Crippen molar-refractivity contribution in [1.29, 1.82) is 0 Å². The van der Waals surface area contributed by atoms with Crippen LogP contribution in [0.3, 0.4) is 0 Å². The van der Waals surface area contributed by atoms with Crippen molar-refractivity contribution in [3.63, 3.8) is 0 Å². The molecule has 0 aromatic carbocycles. The second kappa shape index (κ2) is 3.57. The molecule has 5 heteroatoms. The maximum Gasteiger partial charge on any atom is 0.211 e. The highest BCUT2D eigenvalue weighted by Crippen LogP contribution is 2.33. The minimum absolute atomic E-state index is 0.174. The molecule has 0 saturated carbocycles. The van der Waals surface area contributed by atoms with Gasteiger partial charge in [0.2, 0.25) is 5.96 Å². The Balaban J connectivity index is 2.04. The van der Waals surface area contributed by atoms with Crippen molar-refractivity contribution in [3.05, 3.63) is 0 Å². The molecule has 0 aromatic heterocycles. The Labute approximate surface area is 83.6 Å². The molecule has 1 fully saturated rings. The smallest absolute Gasteiger partial charge is 0.211 e. The molecule has 0 amide bonds. The Kier molecular flexibility index (Phi) is 2.41. The molecular formula is C9H16N4O. The van der Waals surface area contributed by atoms with Gasteiger partial charge >= 0.3 is 0 Å². The van der Waals surface area contributed by atoms with Crippen molar-refractivity contribution < 1.29 is 4.74 Å². The van der Waals surface area contributed by atoms with Crippen LogP contribution >= 0.6 is 0 Å². The summed E-state index contributed by atoms with van der Waals surface area (Å²) in [5, 5.41) is 6.05. The normalized spacial score (nSPS) is 26.1. The second-order valence-electron chi connectivity index (χ2n) is 3.86. The third kappa shape index (κ3) is 1.59. The minimum Gasteiger partial charge on any atom is -0.381 e. The number of ether oxygens (including phenoxy) is 1. The van der Waals surface area contributed by atoms with Crippen LogP contribution in [0.4, 0.5) is 0 Å². The van der Waals surface area contributed by atoms with Gasteiger partial charge in [-0.15, -0.1) is 0 Å². The van der Waals surface area contributed by atoms with Gasteiger partial charge in [-0.3, -0.25) is 4.99 Å². The van der Waals surface area contributed by atoms with Crippen LogP contribution in [0.15, 0.2) is 10.1 Å². The maximum atomic E-state index is 5.70. The quantitative estimate of drug-likeness (QED) is 0.439. The van der Waals surface area contributed by atoms with E-state index in [2.05, 4.69) is 10.1 Å². The van der Waals surface area contributed by atoms with Gasteiger partial charge in [-0.1, -0.05) is 0 Å². The van der Waals surface area contributed by atoms with Gasteiger partial charge < -0.3 is 10.5 Å². The summed E-state index contributed by atoms with van der Waals surface area (Å²) in [5.74, 6) is 0.490. The molecule has 2 N–H and O–H groups in total. The number of rotatable bonds is 0. The van der Waals surface area contributed by atoms with Gasteiger partial charge in [-0.2, -0.15) is 5.10 Å². The topological polar surface area (TPSA) is 63.2 Å². The molecule has 5 nitrogen and oxygen atoms in total. The highest BCUT2D eigenvalue weighted by Gasteiger charge is 2.37. The first-order valence-electron chi connectivity index (χ1n) is 4.88. The van der Waals surface area contributed by atoms with Crippen molar-refractivity contribution in [1.82, 2.24) is 5.01 Å². The Bertz CT molecular complexity index is 268. The first-order valence-corrected chi connectivity index (χ1v) is 4.88. The standard InChI is InChI=1S/C9H16N4O/c1-11-8(10)13-7-9(6-12-13)2-4-14-5-3-9/h6H,2-5,7H2,1H3,(H2,10,11). The van der Waals surface area contributed by atoms with E-state index in [1.165, 1.54) is 0 Å². The van der Waals surface area contributed by atoms with E-state index < -0.39 is 0 Å². The number of hydrazone groups is 1. The fraction of sp³-hybridized carbons (Fsp3) is 0.778. The SMILES string of the molecule is CN=C(N)N1CC2(C=N1)CCOCC2. The number of guanidine groups is 1. The van der Waals surface area contributed by atoms with Gasteiger partial charge in [0.15, 0.2) is 0 Å². The van der Waals surface area contributed by atoms with E-state index >= 15 is 0 Å². The molecule has 2 heterocycles. The lowest BCUT2D eigenvalue weighted by molar-refractivity contribution is 0.0454. The molecule has 1 spiro atoms. The van der Waals surface area contributed by atoms with Crippen LogP contribution in [0.2, 0.25) is 0 Å². The molecule has 2 rings (SSSR count). The van der Waals surface area contributed by atoms with E-state index in [0.29, 0.717) is 5.96 Å². The van der Waals surface area contributed by atoms with E-state index in [-0.39, 0.29) is 5.41 Å². The summed E-state index contributed by atoms with van der Waals surface area (Å²) >= 11 is 0. The summed E-state index contributed by atoms with van der Waals surface area (Å²) in [7, 11) is 1.68. The monoisotopic (exact) mass is 196 g/mol. The van der Waals surface area contributed by atoms with Crippen LogP contribution in [0.25, 0.3) is 0 Å².